The molecule has 0 atom stereocenters. The monoisotopic (exact) mass is 465 g/mol. The van der Waals surface area contributed by atoms with Gasteiger partial charge >= 0.3 is 6.15 Å². The Labute approximate surface area is 198 Å². The third kappa shape index (κ3) is 7.06. The summed E-state index contributed by atoms with van der Waals surface area (Å²) in [6.45, 7) is 9.01. The van der Waals surface area contributed by atoms with E-state index in [2.05, 4.69) is 62.2 Å². The molecule has 2 aromatic carbocycles. The molecule has 3 rings (SSSR count). The number of carbonyl (C=O) groups excluding carboxylic acids is 2. The molecule has 0 radical (unpaired) electrons. The standard InChI is InChI=1S/C25H27NOS2.CO2/c1-17(26-15-21(28)14-18-8-6-5-7-9-18)22-16-29-24(23(22)27)19-10-12-20(13-11-19)25(2,3)4;2-1-3/h5-13,16,27H,14-15H2,1-4H3;. The van der Waals surface area contributed by atoms with Gasteiger partial charge in [-0.1, -0.05) is 87.6 Å². The van der Waals surface area contributed by atoms with Gasteiger partial charge in [-0.25, -0.2) is 0 Å². The van der Waals surface area contributed by atoms with Crippen LogP contribution in [0.1, 0.15) is 44.4 Å². The third-order valence-electron chi connectivity index (χ3n) is 4.90. The zero-order valence-electron chi connectivity index (χ0n) is 18.7. The second kappa shape index (κ2) is 11.6. The van der Waals surface area contributed by atoms with E-state index in [0.717, 1.165) is 33.0 Å². The number of benzene rings is 2. The number of hydrogen-bond acceptors (Lipinski definition) is 6. The van der Waals surface area contributed by atoms with Crippen LogP contribution in [0.5, 0.6) is 5.75 Å². The molecule has 3 aromatic rings. The fourth-order valence-electron chi connectivity index (χ4n) is 3.11. The van der Waals surface area contributed by atoms with Crippen molar-refractivity contribution in [1.29, 1.82) is 0 Å². The number of aromatic hydroxyl groups is 1. The van der Waals surface area contributed by atoms with Gasteiger partial charge < -0.3 is 5.11 Å². The van der Waals surface area contributed by atoms with E-state index in [1.807, 2.05) is 30.5 Å². The molecular formula is C26H27NO3S2. The van der Waals surface area contributed by atoms with Crippen LogP contribution in [-0.2, 0) is 21.4 Å². The van der Waals surface area contributed by atoms with E-state index in [9.17, 15) is 5.11 Å². The smallest absolute Gasteiger partial charge is 0.373 e. The average molecular weight is 466 g/mol. The fraction of sp³-hybridized carbons (Fsp3) is 0.269. The lowest BCUT2D eigenvalue weighted by atomic mass is 9.86. The fourth-order valence-corrected chi connectivity index (χ4v) is 4.35. The Balaban J connectivity index is 0.00000114. The highest BCUT2D eigenvalue weighted by Gasteiger charge is 2.17. The molecule has 0 spiro atoms. The van der Waals surface area contributed by atoms with Gasteiger partial charge in [-0.15, -0.1) is 11.3 Å². The second-order valence-electron chi connectivity index (χ2n) is 8.34. The first kappa shape index (κ1) is 25.3. The van der Waals surface area contributed by atoms with Crippen molar-refractivity contribution in [3.05, 3.63) is 76.7 Å². The van der Waals surface area contributed by atoms with Gasteiger partial charge in [0.2, 0.25) is 0 Å². The summed E-state index contributed by atoms with van der Waals surface area (Å²) in [5, 5.41) is 12.8. The molecule has 0 unspecified atom stereocenters. The zero-order chi connectivity index (χ0) is 23.7. The van der Waals surface area contributed by atoms with E-state index < -0.39 is 0 Å². The summed E-state index contributed by atoms with van der Waals surface area (Å²) < 4.78 is 0. The van der Waals surface area contributed by atoms with Crippen LogP contribution in [0.4, 0.5) is 0 Å². The molecule has 6 heteroatoms. The molecule has 0 aliphatic rings. The van der Waals surface area contributed by atoms with Crippen LogP contribution in [0, 0.1) is 0 Å². The molecule has 32 heavy (non-hydrogen) atoms. The summed E-state index contributed by atoms with van der Waals surface area (Å²) in [7, 11) is 0. The average Bonchev–Trinajstić information content (AvgIpc) is 3.14. The van der Waals surface area contributed by atoms with Crippen molar-refractivity contribution in [1.82, 2.24) is 0 Å². The topological polar surface area (TPSA) is 66.7 Å². The third-order valence-corrected chi connectivity index (χ3v) is 6.20. The highest BCUT2D eigenvalue weighted by atomic mass is 32.1. The van der Waals surface area contributed by atoms with E-state index in [1.54, 1.807) is 11.3 Å². The van der Waals surface area contributed by atoms with E-state index in [-0.39, 0.29) is 11.6 Å². The number of nitrogens with zero attached hydrogens (tertiary/aromatic N) is 1. The second-order valence-corrected chi connectivity index (χ2v) is 9.80. The van der Waals surface area contributed by atoms with Gasteiger partial charge in [-0.05, 0) is 29.0 Å². The number of rotatable bonds is 6. The highest BCUT2D eigenvalue weighted by Crippen LogP contribution is 2.39. The van der Waals surface area contributed by atoms with Crippen LogP contribution in [0.3, 0.4) is 0 Å². The lowest BCUT2D eigenvalue weighted by Gasteiger charge is -2.19. The minimum atomic E-state index is 0.114. The lowest BCUT2D eigenvalue weighted by molar-refractivity contribution is -0.191. The van der Waals surface area contributed by atoms with E-state index in [0.29, 0.717) is 12.3 Å². The van der Waals surface area contributed by atoms with Gasteiger partial charge in [0.05, 0.1) is 11.4 Å². The minimum absolute atomic E-state index is 0.114. The molecule has 0 saturated heterocycles. The first-order valence-corrected chi connectivity index (χ1v) is 11.4. The molecule has 1 heterocycles. The van der Waals surface area contributed by atoms with Crippen LogP contribution < -0.4 is 0 Å². The Bertz CT molecular complexity index is 1100. The summed E-state index contributed by atoms with van der Waals surface area (Å²) >= 11 is 7.04. The molecule has 0 aliphatic heterocycles. The maximum absolute atomic E-state index is 10.8. The Hall–Kier alpha value is -2.92. The van der Waals surface area contributed by atoms with Crippen molar-refractivity contribution < 1.29 is 14.7 Å². The Morgan fingerprint density at radius 3 is 2.22 bits per heavy atom. The van der Waals surface area contributed by atoms with E-state index in [1.165, 1.54) is 11.1 Å². The van der Waals surface area contributed by atoms with Crippen LogP contribution in [-0.4, -0.2) is 28.4 Å². The van der Waals surface area contributed by atoms with Crippen molar-refractivity contribution in [2.75, 3.05) is 6.54 Å². The predicted octanol–water partition coefficient (Wildman–Crippen LogP) is 6.26. The first-order valence-electron chi connectivity index (χ1n) is 10.1. The quantitative estimate of drug-likeness (QED) is 0.345. The van der Waals surface area contributed by atoms with E-state index >= 15 is 0 Å². The molecule has 166 valence electrons. The summed E-state index contributed by atoms with van der Waals surface area (Å²) in [5.41, 5.74) is 5.22. The zero-order valence-corrected chi connectivity index (χ0v) is 20.3. The number of thiocarbonyl (C=S) groups is 1. The maximum atomic E-state index is 10.8. The van der Waals surface area contributed by atoms with Crippen molar-refractivity contribution in [2.45, 2.75) is 39.5 Å². The van der Waals surface area contributed by atoms with Gasteiger partial charge in [-0.2, -0.15) is 9.59 Å². The molecule has 0 amide bonds. The SMILES string of the molecule is CC(=NCC(=S)Cc1ccccc1)c1csc(-c2ccc(C(C)(C)C)cc2)c1O.O=C=O. The van der Waals surface area contributed by atoms with Crippen LogP contribution in [0.25, 0.3) is 10.4 Å². The number of aliphatic imine (C=N–C) groups is 1. The summed E-state index contributed by atoms with van der Waals surface area (Å²) in [4.78, 5) is 22.6. The van der Waals surface area contributed by atoms with E-state index in [4.69, 9.17) is 21.8 Å². The van der Waals surface area contributed by atoms with Crippen molar-refractivity contribution in [3.8, 4) is 16.2 Å². The van der Waals surface area contributed by atoms with Gasteiger partial charge in [0.25, 0.3) is 0 Å². The van der Waals surface area contributed by atoms with Gasteiger partial charge in [0.15, 0.2) is 0 Å². The Morgan fingerprint density at radius 1 is 1.06 bits per heavy atom. The lowest BCUT2D eigenvalue weighted by Crippen LogP contribution is -2.10. The van der Waals surface area contributed by atoms with Crippen molar-refractivity contribution in [2.24, 2.45) is 4.99 Å². The number of thiophene rings is 1. The normalized spacial score (nSPS) is 11.3. The molecule has 0 saturated carbocycles. The first-order chi connectivity index (χ1) is 15.2. The minimum Gasteiger partial charge on any atom is -0.506 e. The largest absolute Gasteiger partial charge is 0.506 e. The van der Waals surface area contributed by atoms with Crippen LogP contribution in [0.2, 0.25) is 0 Å². The van der Waals surface area contributed by atoms with Crippen LogP contribution >= 0.6 is 23.6 Å². The summed E-state index contributed by atoms with van der Waals surface area (Å²) in [6, 6.07) is 18.6. The predicted molar refractivity (Wildman–Crippen MR) is 135 cm³/mol. The maximum Gasteiger partial charge on any atom is 0.373 e. The molecule has 4 nitrogen and oxygen atoms in total. The highest BCUT2D eigenvalue weighted by molar-refractivity contribution is 7.80. The molecule has 0 bridgehead atoms. The Kier molecular flexibility index (Phi) is 9.21. The molecule has 0 aliphatic carbocycles. The van der Waals surface area contributed by atoms with Crippen molar-refractivity contribution in [3.63, 3.8) is 0 Å². The molecule has 1 aromatic heterocycles. The molecule has 0 fully saturated rings. The summed E-state index contributed by atoms with van der Waals surface area (Å²) in [5.74, 6) is 0.300. The Morgan fingerprint density at radius 2 is 1.66 bits per heavy atom. The van der Waals surface area contributed by atoms with Gasteiger partial charge in [0.1, 0.15) is 5.75 Å². The van der Waals surface area contributed by atoms with Gasteiger partial charge in [0, 0.05) is 27.9 Å². The molecule has 1 N–H and O–H groups in total. The number of hydrogen-bond donors (Lipinski definition) is 1. The molecular weight excluding hydrogens is 438 g/mol. The van der Waals surface area contributed by atoms with Crippen LogP contribution in [0.15, 0.2) is 65.0 Å². The van der Waals surface area contributed by atoms with Crippen molar-refractivity contribution >= 4 is 40.3 Å². The van der Waals surface area contributed by atoms with Gasteiger partial charge in [-0.3, -0.25) is 4.99 Å². The summed E-state index contributed by atoms with van der Waals surface area (Å²) in [6.07, 6.45) is 0.994.